The summed E-state index contributed by atoms with van der Waals surface area (Å²) in [4.78, 5) is 9.50. The molecule has 0 amide bonds. The van der Waals surface area contributed by atoms with Gasteiger partial charge in [-0.25, -0.2) is 9.97 Å². The molecule has 0 radical (unpaired) electrons. The minimum absolute atomic E-state index is 0.533. The third-order valence-electron chi connectivity index (χ3n) is 3.69. The van der Waals surface area contributed by atoms with Crippen molar-refractivity contribution in [2.24, 2.45) is 0 Å². The zero-order valence-corrected chi connectivity index (χ0v) is 13.4. The Morgan fingerprint density at radius 1 is 1.19 bits per heavy atom. The van der Waals surface area contributed by atoms with Crippen molar-refractivity contribution in [2.75, 3.05) is 6.54 Å². The fourth-order valence-corrected chi connectivity index (χ4v) is 2.94. The van der Waals surface area contributed by atoms with Gasteiger partial charge in [0.25, 0.3) is 0 Å². The highest BCUT2D eigenvalue weighted by atomic mass is 35.5. The number of nitrogens with one attached hydrogen (secondary N) is 1. The zero-order chi connectivity index (χ0) is 14.8. The predicted molar refractivity (Wildman–Crippen MR) is 86.9 cm³/mol. The van der Waals surface area contributed by atoms with Gasteiger partial charge in [-0.15, -0.1) is 0 Å². The van der Waals surface area contributed by atoms with Crippen LogP contribution < -0.4 is 5.32 Å². The lowest BCUT2D eigenvalue weighted by molar-refractivity contribution is 0.614. The molecule has 0 saturated carbocycles. The Balaban J connectivity index is 2.09. The van der Waals surface area contributed by atoms with Crippen molar-refractivity contribution in [1.29, 1.82) is 0 Å². The number of hydrogen-bond donors (Lipinski definition) is 1. The van der Waals surface area contributed by atoms with E-state index < -0.39 is 0 Å². The van der Waals surface area contributed by atoms with E-state index >= 15 is 0 Å². The van der Waals surface area contributed by atoms with Gasteiger partial charge in [0.2, 0.25) is 0 Å². The SMILES string of the molecule is CCCc1nc(-c2ccc(Cl)c(Cl)c2)nc2c1CCNC2. The second-order valence-electron chi connectivity index (χ2n) is 5.22. The summed E-state index contributed by atoms with van der Waals surface area (Å²) in [5, 5.41) is 4.45. The number of benzene rings is 1. The van der Waals surface area contributed by atoms with Crippen LogP contribution in [0.5, 0.6) is 0 Å². The second-order valence-corrected chi connectivity index (χ2v) is 6.04. The highest BCUT2D eigenvalue weighted by molar-refractivity contribution is 6.42. The standard InChI is InChI=1S/C16H17Cl2N3/c1-2-3-14-11-6-7-19-9-15(11)21-16(20-14)10-4-5-12(17)13(18)8-10/h4-5,8,19H,2-3,6-7,9H2,1H3. The van der Waals surface area contributed by atoms with Gasteiger partial charge in [-0.1, -0.05) is 36.5 Å². The molecule has 1 aromatic carbocycles. The van der Waals surface area contributed by atoms with Crippen LogP contribution in [0.4, 0.5) is 0 Å². The first-order valence-corrected chi connectivity index (χ1v) is 7.99. The molecule has 110 valence electrons. The van der Waals surface area contributed by atoms with Gasteiger partial charge in [0.05, 0.1) is 15.7 Å². The largest absolute Gasteiger partial charge is 0.311 e. The summed E-state index contributed by atoms with van der Waals surface area (Å²) in [6.45, 7) is 3.98. The van der Waals surface area contributed by atoms with Crippen LogP contribution in [0.3, 0.4) is 0 Å². The molecule has 0 aliphatic carbocycles. The average molecular weight is 322 g/mol. The summed E-state index contributed by atoms with van der Waals surface area (Å²) >= 11 is 12.1. The normalized spacial score (nSPS) is 14.0. The van der Waals surface area contributed by atoms with Crippen LogP contribution in [-0.2, 0) is 19.4 Å². The molecule has 1 aliphatic heterocycles. The molecule has 1 aromatic heterocycles. The van der Waals surface area contributed by atoms with Crippen molar-refractivity contribution in [2.45, 2.75) is 32.7 Å². The number of aryl methyl sites for hydroxylation is 1. The maximum atomic E-state index is 6.11. The van der Waals surface area contributed by atoms with Gasteiger partial charge in [-0.2, -0.15) is 0 Å². The van der Waals surface area contributed by atoms with E-state index in [9.17, 15) is 0 Å². The Labute approximate surface area is 134 Å². The monoisotopic (exact) mass is 321 g/mol. The van der Waals surface area contributed by atoms with E-state index in [4.69, 9.17) is 33.2 Å². The lowest BCUT2D eigenvalue weighted by Crippen LogP contribution is -2.26. The predicted octanol–water partition coefficient (Wildman–Crippen LogP) is 4.05. The van der Waals surface area contributed by atoms with Gasteiger partial charge in [0.15, 0.2) is 5.82 Å². The summed E-state index contributed by atoms with van der Waals surface area (Å²) in [6, 6.07) is 5.54. The van der Waals surface area contributed by atoms with E-state index in [0.717, 1.165) is 49.4 Å². The van der Waals surface area contributed by atoms with Crippen molar-refractivity contribution in [3.63, 3.8) is 0 Å². The van der Waals surface area contributed by atoms with Crippen LogP contribution in [0, 0.1) is 0 Å². The van der Waals surface area contributed by atoms with Crippen molar-refractivity contribution in [1.82, 2.24) is 15.3 Å². The van der Waals surface area contributed by atoms with Crippen LogP contribution in [0.1, 0.15) is 30.3 Å². The number of hydrogen-bond acceptors (Lipinski definition) is 3. The highest BCUT2D eigenvalue weighted by Gasteiger charge is 2.17. The Morgan fingerprint density at radius 3 is 2.81 bits per heavy atom. The smallest absolute Gasteiger partial charge is 0.159 e. The first-order chi connectivity index (χ1) is 10.2. The Hall–Kier alpha value is -1.16. The Kier molecular flexibility index (Phi) is 4.43. The molecule has 3 nitrogen and oxygen atoms in total. The quantitative estimate of drug-likeness (QED) is 0.926. The van der Waals surface area contributed by atoms with Gasteiger partial charge >= 0.3 is 0 Å². The summed E-state index contributed by atoms with van der Waals surface area (Å²) in [6.07, 6.45) is 3.07. The Morgan fingerprint density at radius 2 is 2.05 bits per heavy atom. The molecule has 1 N–H and O–H groups in total. The van der Waals surface area contributed by atoms with E-state index in [-0.39, 0.29) is 0 Å². The molecule has 0 saturated heterocycles. The molecule has 21 heavy (non-hydrogen) atoms. The van der Waals surface area contributed by atoms with E-state index in [1.165, 1.54) is 11.3 Å². The maximum Gasteiger partial charge on any atom is 0.159 e. The van der Waals surface area contributed by atoms with Gasteiger partial charge < -0.3 is 5.32 Å². The summed E-state index contributed by atoms with van der Waals surface area (Å²) < 4.78 is 0. The number of aromatic nitrogens is 2. The number of fused-ring (bicyclic) bond motifs is 1. The molecule has 1 aliphatic rings. The first kappa shape index (κ1) is 14.8. The molecular weight excluding hydrogens is 305 g/mol. The van der Waals surface area contributed by atoms with E-state index in [0.29, 0.717) is 10.0 Å². The van der Waals surface area contributed by atoms with Gasteiger partial charge in [0, 0.05) is 17.8 Å². The molecule has 2 heterocycles. The molecule has 0 unspecified atom stereocenters. The maximum absolute atomic E-state index is 6.11. The fourth-order valence-electron chi connectivity index (χ4n) is 2.65. The average Bonchev–Trinajstić information content (AvgIpc) is 2.50. The number of halogens is 2. The van der Waals surface area contributed by atoms with Crippen LogP contribution >= 0.6 is 23.2 Å². The molecular formula is C16H17Cl2N3. The molecule has 0 atom stereocenters. The van der Waals surface area contributed by atoms with Crippen molar-refractivity contribution in [3.8, 4) is 11.4 Å². The van der Waals surface area contributed by atoms with E-state index in [1.54, 1.807) is 6.07 Å². The Bertz CT molecular complexity index is 671. The third kappa shape index (κ3) is 3.05. The van der Waals surface area contributed by atoms with Crippen molar-refractivity contribution in [3.05, 3.63) is 45.2 Å². The van der Waals surface area contributed by atoms with Crippen LogP contribution in [-0.4, -0.2) is 16.5 Å². The topological polar surface area (TPSA) is 37.8 Å². The summed E-state index contributed by atoms with van der Waals surface area (Å²) in [5.74, 6) is 0.736. The molecule has 2 aromatic rings. The van der Waals surface area contributed by atoms with Crippen LogP contribution in [0.2, 0.25) is 10.0 Å². The molecule has 5 heteroatoms. The first-order valence-electron chi connectivity index (χ1n) is 7.24. The van der Waals surface area contributed by atoms with Crippen LogP contribution in [0.15, 0.2) is 18.2 Å². The van der Waals surface area contributed by atoms with Crippen molar-refractivity contribution >= 4 is 23.2 Å². The minimum atomic E-state index is 0.533. The minimum Gasteiger partial charge on any atom is -0.311 e. The van der Waals surface area contributed by atoms with Crippen molar-refractivity contribution < 1.29 is 0 Å². The third-order valence-corrected chi connectivity index (χ3v) is 4.43. The number of nitrogens with zero attached hydrogens (tertiary/aromatic N) is 2. The highest BCUT2D eigenvalue weighted by Crippen LogP contribution is 2.28. The fraction of sp³-hybridized carbons (Fsp3) is 0.375. The van der Waals surface area contributed by atoms with Gasteiger partial charge in [-0.05, 0) is 43.1 Å². The summed E-state index contributed by atoms with van der Waals surface area (Å²) in [7, 11) is 0. The second kappa shape index (κ2) is 6.30. The van der Waals surface area contributed by atoms with Gasteiger partial charge in [-0.3, -0.25) is 0 Å². The molecule has 0 spiro atoms. The lowest BCUT2D eigenvalue weighted by atomic mass is 10.0. The molecule has 3 rings (SSSR count). The van der Waals surface area contributed by atoms with Crippen LogP contribution in [0.25, 0.3) is 11.4 Å². The van der Waals surface area contributed by atoms with Gasteiger partial charge in [0.1, 0.15) is 0 Å². The summed E-state index contributed by atoms with van der Waals surface area (Å²) in [5.41, 5.74) is 4.51. The molecule has 0 bridgehead atoms. The zero-order valence-electron chi connectivity index (χ0n) is 11.9. The van der Waals surface area contributed by atoms with E-state index in [2.05, 4.69) is 12.2 Å². The lowest BCUT2D eigenvalue weighted by Gasteiger charge is -2.20. The number of rotatable bonds is 3. The molecule has 0 fully saturated rings. The van der Waals surface area contributed by atoms with E-state index in [1.807, 2.05) is 12.1 Å².